The molecule has 0 N–H and O–H groups in total. The molecule has 0 fully saturated rings. The smallest absolute Gasteiger partial charge is 0.338 e. The summed E-state index contributed by atoms with van der Waals surface area (Å²) in [7, 11) is 6.00. The fraction of sp³-hybridized carbons (Fsp3) is 0.214. The Hall–Kier alpha value is -4.46. The summed E-state index contributed by atoms with van der Waals surface area (Å²) in [6.07, 6.45) is 0.148. The first-order valence-corrected chi connectivity index (χ1v) is 11.2. The molecule has 8 nitrogen and oxygen atoms in total. The van der Waals surface area contributed by atoms with Crippen LogP contribution in [0, 0.1) is 0 Å². The van der Waals surface area contributed by atoms with E-state index in [2.05, 4.69) is 0 Å². The van der Waals surface area contributed by atoms with Gasteiger partial charge in [0.15, 0.2) is 0 Å². The lowest BCUT2D eigenvalue weighted by Crippen LogP contribution is -2.08. The molecule has 0 aliphatic heterocycles. The zero-order valence-electron chi connectivity index (χ0n) is 20.7. The minimum absolute atomic E-state index is 0.148. The zero-order valence-corrected chi connectivity index (χ0v) is 20.7. The van der Waals surface area contributed by atoms with Crippen molar-refractivity contribution in [2.45, 2.75) is 13.3 Å². The predicted octanol–water partition coefficient (Wildman–Crippen LogP) is 5.89. The lowest BCUT2D eigenvalue weighted by molar-refractivity contribution is -0.133. The highest BCUT2D eigenvalue weighted by Gasteiger charge is 2.25. The molecule has 1 heterocycles. The molecule has 0 unspecified atom stereocenters. The first kappa shape index (κ1) is 24.7. The Kier molecular flexibility index (Phi) is 7.15. The summed E-state index contributed by atoms with van der Waals surface area (Å²) in [5.41, 5.74) is 2.63. The van der Waals surface area contributed by atoms with E-state index in [1.54, 1.807) is 40.4 Å². The molecule has 0 bridgehead atoms. The number of hydrogen-bond donors (Lipinski definition) is 0. The van der Waals surface area contributed by atoms with Crippen LogP contribution in [0.2, 0.25) is 0 Å². The van der Waals surface area contributed by atoms with E-state index in [0.29, 0.717) is 45.1 Å². The Morgan fingerprint density at radius 3 is 1.97 bits per heavy atom. The maximum Gasteiger partial charge on any atom is 0.338 e. The monoisotopic (exact) mass is 490 g/mol. The van der Waals surface area contributed by atoms with E-state index in [9.17, 15) is 9.59 Å². The molecule has 8 heteroatoms. The van der Waals surface area contributed by atoms with E-state index < -0.39 is 11.9 Å². The van der Waals surface area contributed by atoms with E-state index in [0.717, 1.165) is 5.56 Å². The lowest BCUT2D eigenvalue weighted by atomic mass is 9.96. The number of hydrogen-bond acceptors (Lipinski definition) is 8. The molecule has 186 valence electrons. The van der Waals surface area contributed by atoms with Gasteiger partial charge in [-0.05, 0) is 54.1 Å². The van der Waals surface area contributed by atoms with Crippen LogP contribution in [0.15, 0.2) is 59.0 Å². The van der Waals surface area contributed by atoms with Gasteiger partial charge in [-0.15, -0.1) is 0 Å². The summed E-state index contributed by atoms with van der Waals surface area (Å²) in [6.45, 7) is 1.69. The van der Waals surface area contributed by atoms with Crippen molar-refractivity contribution >= 4 is 22.9 Å². The van der Waals surface area contributed by atoms with E-state index in [-0.39, 0.29) is 17.7 Å². The Balaban J connectivity index is 2.10. The third kappa shape index (κ3) is 4.70. The Morgan fingerprint density at radius 1 is 0.778 bits per heavy atom. The number of fused-ring (bicyclic) bond motifs is 1. The maximum absolute atomic E-state index is 12.4. The molecule has 0 spiro atoms. The molecule has 36 heavy (non-hydrogen) atoms. The number of methoxy groups -OCH3 is 4. The fourth-order valence-electron chi connectivity index (χ4n) is 3.88. The minimum atomic E-state index is -0.585. The van der Waals surface area contributed by atoms with Crippen LogP contribution in [0.1, 0.15) is 23.7 Å². The third-order valence-electron chi connectivity index (χ3n) is 5.68. The Labute approximate surface area is 208 Å². The van der Waals surface area contributed by atoms with Crippen molar-refractivity contribution in [3.8, 4) is 45.4 Å². The van der Waals surface area contributed by atoms with E-state index in [1.165, 1.54) is 13.2 Å². The summed E-state index contributed by atoms with van der Waals surface area (Å²) in [6, 6.07) is 15.8. The van der Waals surface area contributed by atoms with Crippen LogP contribution in [0.3, 0.4) is 0 Å². The number of carbonyl (C=O) groups excluding carboxylic acids is 2. The van der Waals surface area contributed by atoms with Gasteiger partial charge in [-0.1, -0.05) is 6.92 Å². The number of ether oxygens (including phenoxy) is 5. The number of rotatable bonds is 8. The van der Waals surface area contributed by atoms with Gasteiger partial charge in [0, 0.05) is 23.6 Å². The molecule has 4 rings (SSSR count). The van der Waals surface area contributed by atoms with Crippen molar-refractivity contribution < 1.29 is 37.7 Å². The van der Waals surface area contributed by atoms with Crippen LogP contribution in [-0.4, -0.2) is 40.4 Å². The van der Waals surface area contributed by atoms with Crippen LogP contribution in [0.5, 0.6) is 23.0 Å². The average Bonchev–Trinajstić information content (AvgIpc) is 3.32. The molecule has 3 aromatic carbocycles. The second-order valence-corrected chi connectivity index (χ2v) is 7.80. The third-order valence-corrected chi connectivity index (χ3v) is 5.68. The average molecular weight is 491 g/mol. The molecule has 0 amide bonds. The number of carbonyl (C=O) groups is 2. The molecule has 4 aromatic rings. The summed E-state index contributed by atoms with van der Waals surface area (Å²) >= 11 is 0. The van der Waals surface area contributed by atoms with Crippen molar-refractivity contribution in [1.29, 1.82) is 0 Å². The number of esters is 2. The summed E-state index contributed by atoms with van der Waals surface area (Å²) in [4.78, 5) is 24.7. The maximum atomic E-state index is 12.4. The first-order chi connectivity index (χ1) is 17.4. The van der Waals surface area contributed by atoms with Crippen molar-refractivity contribution in [2.75, 3.05) is 28.4 Å². The van der Waals surface area contributed by atoms with Crippen molar-refractivity contribution in [2.24, 2.45) is 0 Å². The molecule has 0 saturated carbocycles. The highest BCUT2D eigenvalue weighted by Crippen LogP contribution is 2.47. The quantitative estimate of drug-likeness (QED) is 0.223. The lowest BCUT2D eigenvalue weighted by Gasteiger charge is -2.12. The molecular weight excluding hydrogens is 464 g/mol. The standard InChI is InChI=1S/C28H26O8/c1-6-24(29)35-22-13-18(28(30)34-5)14-23-26(22)25(17-11-20(32-3)15-21(12-17)33-4)27(36-23)16-7-9-19(31-2)10-8-16/h7-15H,6H2,1-5H3. The van der Waals surface area contributed by atoms with Crippen LogP contribution < -0.4 is 18.9 Å². The van der Waals surface area contributed by atoms with Gasteiger partial charge >= 0.3 is 11.9 Å². The fourth-order valence-corrected chi connectivity index (χ4v) is 3.88. The van der Waals surface area contributed by atoms with Gasteiger partial charge < -0.3 is 28.1 Å². The Morgan fingerprint density at radius 2 is 1.42 bits per heavy atom. The van der Waals surface area contributed by atoms with Crippen molar-refractivity contribution in [3.63, 3.8) is 0 Å². The van der Waals surface area contributed by atoms with Gasteiger partial charge in [0.05, 0.1) is 39.4 Å². The van der Waals surface area contributed by atoms with Crippen LogP contribution in [0.4, 0.5) is 0 Å². The van der Waals surface area contributed by atoms with E-state index >= 15 is 0 Å². The second kappa shape index (κ2) is 10.4. The highest BCUT2D eigenvalue weighted by molar-refractivity contribution is 6.08. The molecule has 0 atom stereocenters. The molecule has 0 radical (unpaired) electrons. The molecule has 0 aliphatic rings. The first-order valence-electron chi connectivity index (χ1n) is 11.2. The highest BCUT2D eigenvalue weighted by atomic mass is 16.5. The second-order valence-electron chi connectivity index (χ2n) is 7.80. The van der Waals surface area contributed by atoms with E-state index in [1.807, 2.05) is 36.4 Å². The van der Waals surface area contributed by atoms with Gasteiger partial charge in [0.25, 0.3) is 0 Å². The normalized spacial score (nSPS) is 10.7. The molecular formula is C28H26O8. The topological polar surface area (TPSA) is 93.4 Å². The number of benzene rings is 3. The molecule has 1 aromatic heterocycles. The van der Waals surface area contributed by atoms with Crippen LogP contribution in [0.25, 0.3) is 33.4 Å². The van der Waals surface area contributed by atoms with Gasteiger partial charge in [-0.2, -0.15) is 0 Å². The molecule has 0 saturated heterocycles. The van der Waals surface area contributed by atoms with Gasteiger partial charge in [0.2, 0.25) is 0 Å². The minimum Gasteiger partial charge on any atom is -0.497 e. The Bertz CT molecular complexity index is 1390. The van der Waals surface area contributed by atoms with Crippen molar-refractivity contribution in [1.82, 2.24) is 0 Å². The van der Waals surface area contributed by atoms with Crippen LogP contribution in [-0.2, 0) is 9.53 Å². The summed E-state index contributed by atoms with van der Waals surface area (Å²) in [5.74, 6) is 1.46. The SMILES string of the molecule is CCC(=O)Oc1cc(C(=O)OC)cc2oc(-c3ccc(OC)cc3)c(-c3cc(OC)cc(OC)c3)c12. The largest absolute Gasteiger partial charge is 0.497 e. The van der Waals surface area contributed by atoms with E-state index in [4.69, 9.17) is 28.1 Å². The van der Waals surface area contributed by atoms with Crippen molar-refractivity contribution in [3.05, 3.63) is 60.2 Å². The zero-order chi connectivity index (χ0) is 25.8. The molecule has 0 aliphatic carbocycles. The van der Waals surface area contributed by atoms with Crippen LogP contribution >= 0.6 is 0 Å². The summed E-state index contributed by atoms with van der Waals surface area (Å²) < 4.78 is 33.2. The van der Waals surface area contributed by atoms with Gasteiger partial charge in [-0.25, -0.2) is 4.79 Å². The number of furan rings is 1. The van der Waals surface area contributed by atoms with Gasteiger partial charge in [0.1, 0.15) is 34.3 Å². The van der Waals surface area contributed by atoms with Gasteiger partial charge in [-0.3, -0.25) is 4.79 Å². The summed E-state index contributed by atoms with van der Waals surface area (Å²) in [5, 5.41) is 0.519. The predicted molar refractivity (Wildman–Crippen MR) is 134 cm³/mol.